The Morgan fingerprint density at radius 2 is 1.88 bits per heavy atom. The average molecular weight is 593 g/mol. The van der Waals surface area contributed by atoms with E-state index in [1.54, 1.807) is 54.6 Å². The highest BCUT2D eigenvalue weighted by Gasteiger charge is 2.35. The minimum atomic E-state index is -0.562. The monoisotopic (exact) mass is 592 g/mol. The van der Waals surface area contributed by atoms with Gasteiger partial charge in [0.15, 0.2) is 11.5 Å². The third-order valence-electron chi connectivity index (χ3n) is 4.86. The quantitative estimate of drug-likeness (QED) is 0.203. The van der Waals surface area contributed by atoms with E-state index in [1.165, 1.54) is 12.1 Å². The molecule has 34 heavy (non-hydrogen) atoms. The fourth-order valence-corrected chi connectivity index (χ4v) is 4.37. The van der Waals surface area contributed by atoms with Crippen LogP contribution in [0.4, 0.5) is 14.9 Å². The van der Waals surface area contributed by atoms with Crippen molar-refractivity contribution >= 4 is 57.9 Å². The molecule has 4 rings (SSSR count). The lowest BCUT2D eigenvalue weighted by molar-refractivity contribution is -0.113. The van der Waals surface area contributed by atoms with Gasteiger partial charge in [0.25, 0.3) is 5.91 Å². The molecule has 0 bridgehead atoms. The van der Waals surface area contributed by atoms with Crippen molar-refractivity contribution in [1.82, 2.24) is 5.32 Å². The lowest BCUT2D eigenvalue weighted by Gasteiger charge is -2.15. The zero-order chi connectivity index (χ0) is 24.2. The van der Waals surface area contributed by atoms with Crippen LogP contribution in [0, 0.1) is 9.39 Å². The summed E-state index contributed by atoms with van der Waals surface area (Å²) in [5.74, 6) is 0.155. The van der Waals surface area contributed by atoms with E-state index in [-0.39, 0.29) is 18.1 Å². The topological polar surface area (TPSA) is 67.9 Å². The highest BCUT2D eigenvalue weighted by molar-refractivity contribution is 14.1. The van der Waals surface area contributed by atoms with Gasteiger partial charge in [-0.25, -0.2) is 14.1 Å². The molecule has 1 N–H and O–H groups in total. The second kappa shape index (κ2) is 10.4. The molecule has 1 aliphatic rings. The van der Waals surface area contributed by atoms with Gasteiger partial charge in [-0.1, -0.05) is 29.8 Å². The lowest BCUT2D eigenvalue weighted by atomic mass is 10.1. The Balaban J connectivity index is 1.60. The number of rotatable bonds is 7. The van der Waals surface area contributed by atoms with Gasteiger partial charge in [0.05, 0.1) is 15.9 Å². The standard InChI is InChI=1S/C25H19ClFIN2O4/c1-2-33-22-12-16(10-20(28)23(22)34-14-15-5-3-7-18(27)9-15)11-21-24(31)30(25(32)29-21)19-8-4-6-17(26)13-19/h3-13H,2,14H2,1H3,(H,29,32)/b21-11+. The first kappa shape index (κ1) is 24.0. The molecular weight excluding hydrogens is 574 g/mol. The van der Waals surface area contributed by atoms with Crippen molar-refractivity contribution in [3.05, 3.63) is 91.9 Å². The predicted octanol–water partition coefficient (Wildman–Crippen LogP) is 6.16. The molecule has 3 amide bonds. The van der Waals surface area contributed by atoms with Crippen molar-refractivity contribution in [2.75, 3.05) is 11.5 Å². The molecule has 1 heterocycles. The van der Waals surface area contributed by atoms with Crippen LogP contribution in [0.5, 0.6) is 11.5 Å². The zero-order valence-electron chi connectivity index (χ0n) is 18.0. The Bertz CT molecular complexity index is 1300. The molecule has 0 atom stereocenters. The van der Waals surface area contributed by atoms with Crippen molar-refractivity contribution in [3.8, 4) is 11.5 Å². The normalized spacial score (nSPS) is 14.5. The van der Waals surface area contributed by atoms with Crippen LogP contribution in [-0.4, -0.2) is 18.5 Å². The van der Waals surface area contributed by atoms with Gasteiger partial charge >= 0.3 is 6.03 Å². The molecule has 0 spiro atoms. The molecule has 174 valence electrons. The first-order chi connectivity index (χ1) is 16.4. The van der Waals surface area contributed by atoms with Gasteiger partial charge < -0.3 is 14.8 Å². The van der Waals surface area contributed by atoms with Crippen molar-refractivity contribution in [1.29, 1.82) is 0 Å². The molecule has 6 nitrogen and oxygen atoms in total. The molecule has 9 heteroatoms. The van der Waals surface area contributed by atoms with Gasteiger partial charge in [-0.15, -0.1) is 0 Å². The molecule has 3 aromatic carbocycles. The number of carbonyl (C=O) groups excluding carboxylic acids is 2. The number of ether oxygens (including phenoxy) is 2. The number of anilines is 1. The summed E-state index contributed by atoms with van der Waals surface area (Å²) >= 11 is 8.12. The van der Waals surface area contributed by atoms with Gasteiger partial charge in [-0.05, 0) is 89.2 Å². The summed E-state index contributed by atoms with van der Waals surface area (Å²) in [6, 6.07) is 15.6. The van der Waals surface area contributed by atoms with E-state index in [0.717, 1.165) is 8.47 Å². The molecule has 1 aliphatic heterocycles. The van der Waals surface area contributed by atoms with Crippen LogP contribution in [0.25, 0.3) is 6.08 Å². The SMILES string of the molecule is CCOc1cc(/C=C2/NC(=O)N(c3cccc(Cl)c3)C2=O)cc(I)c1OCc1cccc(F)c1. The van der Waals surface area contributed by atoms with Crippen molar-refractivity contribution in [2.24, 2.45) is 0 Å². The minimum absolute atomic E-state index is 0.122. The van der Waals surface area contributed by atoms with Crippen LogP contribution in [-0.2, 0) is 11.4 Å². The maximum Gasteiger partial charge on any atom is 0.333 e. The number of benzene rings is 3. The van der Waals surface area contributed by atoms with Crippen LogP contribution in [0.3, 0.4) is 0 Å². The number of imide groups is 1. The fourth-order valence-electron chi connectivity index (χ4n) is 3.41. The third kappa shape index (κ3) is 5.34. The predicted molar refractivity (Wildman–Crippen MR) is 137 cm³/mol. The molecule has 0 unspecified atom stereocenters. The van der Waals surface area contributed by atoms with Crippen LogP contribution in [0.2, 0.25) is 5.02 Å². The lowest BCUT2D eigenvalue weighted by Crippen LogP contribution is -2.30. The number of halogens is 3. The largest absolute Gasteiger partial charge is 0.490 e. The van der Waals surface area contributed by atoms with Crippen molar-refractivity contribution in [2.45, 2.75) is 13.5 Å². The van der Waals surface area contributed by atoms with Crippen LogP contribution in [0.1, 0.15) is 18.1 Å². The second-order valence-electron chi connectivity index (χ2n) is 7.29. The van der Waals surface area contributed by atoms with E-state index in [2.05, 4.69) is 27.9 Å². The fraction of sp³-hybridized carbons (Fsp3) is 0.120. The van der Waals surface area contributed by atoms with E-state index in [0.29, 0.717) is 39.9 Å². The molecule has 1 fully saturated rings. The number of amides is 3. The van der Waals surface area contributed by atoms with E-state index < -0.39 is 11.9 Å². The maximum absolute atomic E-state index is 13.5. The number of hydrogen-bond acceptors (Lipinski definition) is 4. The van der Waals surface area contributed by atoms with Crippen LogP contribution >= 0.6 is 34.2 Å². The van der Waals surface area contributed by atoms with E-state index >= 15 is 0 Å². The summed E-state index contributed by atoms with van der Waals surface area (Å²) in [5, 5.41) is 3.02. The van der Waals surface area contributed by atoms with Gasteiger partial charge in [-0.3, -0.25) is 4.79 Å². The first-order valence-corrected chi connectivity index (χ1v) is 11.8. The Hall–Kier alpha value is -3.11. The van der Waals surface area contributed by atoms with Gasteiger partial charge in [0.1, 0.15) is 18.1 Å². The summed E-state index contributed by atoms with van der Waals surface area (Å²) in [5.41, 5.74) is 1.83. The van der Waals surface area contributed by atoms with E-state index in [9.17, 15) is 14.0 Å². The first-order valence-electron chi connectivity index (χ1n) is 10.3. The molecule has 0 saturated carbocycles. The van der Waals surface area contributed by atoms with Gasteiger partial charge in [0, 0.05) is 5.02 Å². The minimum Gasteiger partial charge on any atom is -0.490 e. The van der Waals surface area contributed by atoms with Crippen molar-refractivity contribution in [3.63, 3.8) is 0 Å². The van der Waals surface area contributed by atoms with Crippen molar-refractivity contribution < 1.29 is 23.5 Å². The molecule has 0 aromatic heterocycles. The Labute approximate surface area is 214 Å². The number of hydrogen-bond donors (Lipinski definition) is 1. The van der Waals surface area contributed by atoms with E-state index in [4.69, 9.17) is 21.1 Å². The Morgan fingerprint density at radius 1 is 1.09 bits per heavy atom. The molecule has 3 aromatic rings. The average Bonchev–Trinajstić information content (AvgIpc) is 3.06. The summed E-state index contributed by atoms with van der Waals surface area (Å²) in [4.78, 5) is 26.4. The second-order valence-corrected chi connectivity index (χ2v) is 8.89. The Kier molecular flexibility index (Phi) is 7.38. The van der Waals surface area contributed by atoms with Gasteiger partial charge in [0.2, 0.25) is 0 Å². The Morgan fingerprint density at radius 3 is 2.62 bits per heavy atom. The maximum atomic E-state index is 13.5. The van der Waals surface area contributed by atoms with Gasteiger partial charge in [-0.2, -0.15) is 0 Å². The molecule has 1 saturated heterocycles. The highest BCUT2D eigenvalue weighted by Crippen LogP contribution is 2.36. The van der Waals surface area contributed by atoms with E-state index in [1.807, 2.05) is 6.92 Å². The zero-order valence-corrected chi connectivity index (χ0v) is 20.9. The molecule has 0 radical (unpaired) electrons. The number of urea groups is 1. The highest BCUT2D eigenvalue weighted by atomic mass is 127. The summed E-state index contributed by atoms with van der Waals surface area (Å²) < 4.78 is 25.9. The van der Waals surface area contributed by atoms with Crippen LogP contribution < -0.4 is 19.7 Å². The molecule has 0 aliphatic carbocycles. The third-order valence-corrected chi connectivity index (χ3v) is 5.90. The summed E-state index contributed by atoms with van der Waals surface area (Å²) in [6.07, 6.45) is 1.58. The molecular formula is C25H19ClFIN2O4. The number of nitrogens with zero attached hydrogens (tertiary/aromatic N) is 1. The number of carbonyl (C=O) groups is 2. The number of nitrogens with one attached hydrogen (secondary N) is 1. The van der Waals surface area contributed by atoms with Crippen LogP contribution in [0.15, 0.2) is 66.4 Å². The summed E-state index contributed by atoms with van der Waals surface area (Å²) in [7, 11) is 0. The summed E-state index contributed by atoms with van der Waals surface area (Å²) in [6.45, 7) is 2.40. The smallest absolute Gasteiger partial charge is 0.333 e.